The fourth-order valence-corrected chi connectivity index (χ4v) is 5.27. The molecule has 31 heavy (non-hydrogen) atoms. The third-order valence-electron chi connectivity index (χ3n) is 6.28. The van der Waals surface area contributed by atoms with E-state index in [1.54, 1.807) is 4.90 Å². The van der Waals surface area contributed by atoms with Crippen molar-refractivity contribution >= 4 is 34.2 Å². The van der Waals surface area contributed by atoms with Gasteiger partial charge in [-0.25, -0.2) is 4.98 Å². The number of amides is 3. The molecule has 3 rings (SSSR count). The fourth-order valence-electron chi connectivity index (χ4n) is 4.55. The first kappa shape index (κ1) is 23.7. The first-order valence-electron chi connectivity index (χ1n) is 11.8. The van der Waals surface area contributed by atoms with Crippen molar-refractivity contribution in [1.29, 1.82) is 0 Å². The molecule has 2 fully saturated rings. The lowest BCUT2D eigenvalue weighted by Crippen LogP contribution is -2.45. The highest BCUT2D eigenvalue weighted by Gasteiger charge is 2.29. The van der Waals surface area contributed by atoms with Gasteiger partial charge in [-0.15, -0.1) is 11.3 Å². The van der Waals surface area contributed by atoms with Gasteiger partial charge in [0.1, 0.15) is 6.54 Å². The molecule has 2 saturated carbocycles. The number of nitrogens with zero attached hydrogens (tertiary/aromatic N) is 2. The van der Waals surface area contributed by atoms with E-state index in [-0.39, 0.29) is 48.7 Å². The van der Waals surface area contributed by atoms with Crippen LogP contribution in [0.4, 0.5) is 5.13 Å². The van der Waals surface area contributed by atoms with Crippen LogP contribution in [0.25, 0.3) is 0 Å². The van der Waals surface area contributed by atoms with Gasteiger partial charge in [0, 0.05) is 23.4 Å². The number of nitrogens with one attached hydrogen (secondary N) is 2. The van der Waals surface area contributed by atoms with Crippen LogP contribution < -0.4 is 10.6 Å². The Morgan fingerprint density at radius 1 is 1.03 bits per heavy atom. The van der Waals surface area contributed by atoms with Gasteiger partial charge in [-0.2, -0.15) is 0 Å². The minimum Gasteiger partial charge on any atom is -0.353 e. The van der Waals surface area contributed by atoms with E-state index in [4.69, 9.17) is 0 Å². The van der Waals surface area contributed by atoms with Crippen LogP contribution in [-0.4, -0.2) is 46.2 Å². The zero-order chi connectivity index (χ0) is 22.2. The highest BCUT2D eigenvalue weighted by atomic mass is 32.1. The SMILES string of the molecule is CC(C)N(CC(=O)Nc1nc(CC(=O)NC2CCCCC2)cs1)C(=O)C1CCCCC1. The van der Waals surface area contributed by atoms with Crippen LogP contribution in [0.3, 0.4) is 0 Å². The molecule has 1 aromatic heterocycles. The van der Waals surface area contributed by atoms with Crippen LogP contribution in [0.5, 0.6) is 0 Å². The van der Waals surface area contributed by atoms with E-state index in [1.807, 2.05) is 19.2 Å². The molecule has 1 aromatic rings. The smallest absolute Gasteiger partial charge is 0.245 e. The van der Waals surface area contributed by atoms with Gasteiger partial charge in [-0.1, -0.05) is 38.5 Å². The molecule has 0 spiro atoms. The molecule has 2 aliphatic rings. The van der Waals surface area contributed by atoms with E-state index < -0.39 is 0 Å². The average Bonchev–Trinajstić information content (AvgIpc) is 3.19. The minimum absolute atomic E-state index is 0.0147. The zero-order valence-electron chi connectivity index (χ0n) is 18.8. The lowest BCUT2D eigenvalue weighted by atomic mass is 9.88. The van der Waals surface area contributed by atoms with E-state index in [0.29, 0.717) is 10.8 Å². The Labute approximate surface area is 189 Å². The van der Waals surface area contributed by atoms with Crippen LogP contribution in [0.2, 0.25) is 0 Å². The maximum absolute atomic E-state index is 12.9. The van der Waals surface area contributed by atoms with Crippen molar-refractivity contribution < 1.29 is 14.4 Å². The molecule has 0 radical (unpaired) electrons. The third kappa shape index (κ3) is 7.30. The molecule has 0 saturated heterocycles. The van der Waals surface area contributed by atoms with Gasteiger partial charge in [0.2, 0.25) is 17.7 Å². The summed E-state index contributed by atoms with van der Waals surface area (Å²) in [6, 6.07) is 0.248. The Morgan fingerprint density at radius 2 is 1.68 bits per heavy atom. The maximum Gasteiger partial charge on any atom is 0.245 e. The van der Waals surface area contributed by atoms with Gasteiger partial charge in [0.05, 0.1) is 12.1 Å². The molecular formula is C23H36N4O3S. The van der Waals surface area contributed by atoms with E-state index in [1.165, 1.54) is 37.0 Å². The first-order valence-corrected chi connectivity index (χ1v) is 12.6. The number of hydrogen-bond donors (Lipinski definition) is 2. The zero-order valence-corrected chi connectivity index (χ0v) is 19.6. The van der Waals surface area contributed by atoms with E-state index >= 15 is 0 Å². The molecule has 0 unspecified atom stereocenters. The molecule has 0 aromatic carbocycles. The largest absolute Gasteiger partial charge is 0.353 e. The Balaban J connectivity index is 1.48. The first-order chi connectivity index (χ1) is 14.9. The van der Waals surface area contributed by atoms with Crippen LogP contribution >= 0.6 is 11.3 Å². The summed E-state index contributed by atoms with van der Waals surface area (Å²) >= 11 is 1.31. The number of carbonyl (C=O) groups excluding carboxylic acids is 3. The predicted octanol–water partition coefficient (Wildman–Crippen LogP) is 3.89. The summed E-state index contributed by atoms with van der Waals surface area (Å²) in [5, 5.41) is 8.18. The fraction of sp³-hybridized carbons (Fsp3) is 0.739. The van der Waals surface area contributed by atoms with Crippen molar-refractivity contribution in [2.75, 3.05) is 11.9 Å². The molecule has 2 N–H and O–H groups in total. The summed E-state index contributed by atoms with van der Waals surface area (Å²) in [7, 11) is 0. The summed E-state index contributed by atoms with van der Waals surface area (Å²) in [4.78, 5) is 43.8. The van der Waals surface area contributed by atoms with Crippen molar-refractivity contribution in [2.45, 2.75) is 96.6 Å². The number of thiazole rings is 1. The standard InChI is InChI=1S/C23H36N4O3S/c1-16(2)27(22(30)17-9-5-3-6-10-17)14-21(29)26-23-25-19(15-31-23)13-20(28)24-18-11-7-4-8-12-18/h15-18H,3-14H2,1-2H3,(H,24,28)(H,25,26,29). The van der Waals surface area contributed by atoms with Crippen molar-refractivity contribution in [2.24, 2.45) is 5.92 Å². The lowest BCUT2D eigenvalue weighted by molar-refractivity contribution is -0.141. The summed E-state index contributed by atoms with van der Waals surface area (Å²) < 4.78 is 0. The van der Waals surface area contributed by atoms with Gasteiger partial charge >= 0.3 is 0 Å². The number of carbonyl (C=O) groups is 3. The summed E-state index contributed by atoms with van der Waals surface area (Å²) in [5.41, 5.74) is 0.660. The maximum atomic E-state index is 12.9. The van der Waals surface area contributed by atoms with Gasteiger partial charge in [-0.05, 0) is 39.5 Å². The normalized spacial score (nSPS) is 18.0. The molecule has 0 bridgehead atoms. The molecule has 172 valence electrons. The quantitative estimate of drug-likeness (QED) is 0.631. The second-order valence-electron chi connectivity index (χ2n) is 9.17. The number of hydrogen-bond acceptors (Lipinski definition) is 5. The summed E-state index contributed by atoms with van der Waals surface area (Å²) in [6.45, 7) is 3.92. The molecule has 0 atom stereocenters. The second kappa shape index (κ2) is 11.6. The number of aromatic nitrogens is 1. The van der Waals surface area contributed by atoms with Gasteiger partial charge in [-0.3, -0.25) is 14.4 Å². The Bertz CT molecular complexity index is 752. The third-order valence-corrected chi connectivity index (χ3v) is 7.09. The van der Waals surface area contributed by atoms with E-state index in [0.717, 1.165) is 38.5 Å². The van der Waals surface area contributed by atoms with Crippen molar-refractivity contribution in [3.8, 4) is 0 Å². The second-order valence-corrected chi connectivity index (χ2v) is 10.0. The highest BCUT2D eigenvalue weighted by Crippen LogP contribution is 2.26. The predicted molar refractivity (Wildman–Crippen MR) is 123 cm³/mol. The number of rotatable bonds is 8. The van der Waals surface area contributed by atoms with Crippen LogP contribution in [0.15, 0.2) is 5.38 Å². The average molecular weight is 449 g/mol. The number of anilines is 1. The monoisotopic (exact) mass is 448 g/mol. The Kier molecular flexibility index (Phi) is 8.87. The molecule has 0 aliphatic heterocycles. The molecule has 2 aliphatic carbocycles. The topological polar surface area (TPSA) is 91.4 Å². The van der Waals surface area contributed by atoms with Gasteiger partial charge < -0.3 is 15.5 Å². The summed E-state index contributed by atoms with van der Waals surface area (Å²) in [6.07, 6.45) is 11.1. The van der Waals surface area contributed by atoms with Crippen LogP contribution in [0, 0.1) is 5.92 Å². The Morgan fingerprint density at radius 3 is 2.32 bits per heavy atom. The molecule has 7 nitrogen and oxygen atoms in total. The highest BCUT2D eigenvalue weighted by molar-refractivity contribution is 7.13. The molecule has 3 amide bonds. The van der Waals surface area contributed by atoms with E-state index in [2.05, 4.69) is 15.6 Å². The van der Waals surface area contributed by atoms with Crippen LogP contribution in [-0.2, 0) is 20.8 Å². The molecule has 8 heteroatoms. The van der Waals surface area contributed by atoms with Crippen molar-refractivity contribution in [3.05, 3.63) is 11.1 Å². The lowest BCUT2D eigenvalue weighted by Gasteiger charge is -2.31. The molecular weight excluding hydrogens is 412 g/mol. The summed E-state index contributed by atoms with van der Waals surface area (Å²) in [5.74, 6) is -0.133. The van der Waals surface area contributed by atoms with E-state index in [9.17, 15) is 14.4 Å². The van der Waals surface area contributed by atoms with Crippen molar-refractivity contribution in [3.63, 3.8) is 0 Å². The van der Waals surface area contributed by atoms with Crippen molar-refractivity contribution in [1.82, 2.24) is 15.2 Å². The van der Waals surface area contributed by atoms with Crippen LogP contribution in [0.1, 0.15) is 83.7 Å². The van der Waals surface area contributed by atoms with Gasteiger partial charge in [0.15, 0.2) is 5.13 Å². The van der Waals surface area contributed by atoms with Gasteiger partial charge in [0.25, 0.3) is 0 Å². The molecule has 1 heterocycles. The minimum atomic E-state index is -0.245. The Hall–Kier alpha value is -1.96.